The largest absolute Gasteiger partial charge is 0.486 e. The molecule has 1 fully saturated rings. The summed E-state index contributed by atoms with van der Waals surface area (Å²) < 4.78 is 11.6. The third-order valence-electron chi connectivity index (χ3n) is 4.32. The van der Waals surface area contributed by atoms with Crippen LogP contribution in [0.25, 0.3) is 0 Å². The Morgan fingerprint density at radius 2 is 1.96 bits per heavy atom. The number of benzene rings is 1. The van der Waals surface area contributed by atoms with Gasteiger partial charge in [-0.2, -0.15) is 0 Å². The molecule has 3 rings (SSSR count). The molecule has 0 aliphatic carbocycles. The van der Waals surface area contributed by atoms with Crippen LogP contribution in [0, 0.1) is 10.1 Å². The summed E-state index contributed by atoms with van der Waals surface area (Å²) in [7, 11) is 0. The first-order chi connectivity index (χ1) is 12.2. The number of nitro groups is 1. The van der Waals surface area contributed by atoms with Gasteiger partial charge in [0.25, 0.3) is 0 Å². The maximum absolute atomic E-state index is 12.2. The standard InChI is InChI=1S/C17H22BrN3O5/c1-17(2,3)26-16(22)20-7-5-19(6-8-20)14-11-4-9-25-15(11)13(21(23)24)10-12(14)18/h10H,4-9H2,1-3H3. The molecule has 0 spiro atoms. The van der Waals surface area contributed by atoms with E-state index in [4.69, 9.17) is 9.47 Å². The number of fused-ring (bicyclic) bond motifs is 1. The quantitative estimate of drug-likeness (QED) is 0.531. The summed E-state index contributed by atoms with van der Waals surface area (Å²) in [5, 5.41) is 11.3. The van der Waals surface area contributed by atoms with Crippen molar-refractivity contribution in [3.63, 3.8) is 0 Å². The van der Waals surface area contributed by atoms with Crippen molar-refractivity contribution in [1.82, 2.24) is 4.90 Å². The molecule has 2 aliphatic heterocycles. The normalized spacial score (nSPS) is 16.9. The molecule has 1 aromatic rings. The predicted molar refractivity (Wildman–Crippen MR) is 100 cm³/mol. The molecule has 0 atom stereocenters. The van der Waals surface area contributed by atoms with E-state index >= 15 is 0 Å². The van der Waals surface area contributed by atoms with Gasteiger partial charge in [-0.05, 0) is 36.7 Å². The van der Waals surface area contributed by atoms with Gasteiger partial charge < -0.3 is 19.3 Å². The topological polar surface area (TPSA) is 85.2 Å². The van der Waals surface area contributed by atoms with Gasteiger partial charge in [-0.15, -0.1) is 0 Å². The Labute approximate surface area is 160 Å². The fraction of sp³-hybridized carbons (Fsp3) is 0.588. The summed E-state index contributed by atoms with van der Waals surface area (Å²) in [6.07, 6.45) is 0.325. The van der Waals surface area contributed by atoms with Crippen molar-refractivity contribution in [2.24, 2.45) is 0 Å². The highest BCUT2D eigenvalue weighted by Crippen LogP contribution is 2.46. The van der Waals surface area contributed by atoms with Gasteiger partial charge in [0, 0.05) is 48.7 Å². The SMILES string of the molecule is CC(C)(C)OC(=O)N1CCN(c2c(Br)cc([N+](=O)[O-])c3c2CCO3)CC1. The minimum Gasteiger partial charge on any atom is -0.486 e. The van der Waals surface area contributed by atoms with E-state index in [0.29, 0.717) is 49.4 Å². The number of carbonyl (C=O) groups is 1. The molecule has 0 bridgehead atoms. The zero-order valence-corrected chi connectivity index (χ0v) is 16.7. The molecule has 26 heavy (non-hydrogen) atoms. The highest BCUT2D eigenvalue weighted by Gasteiger charge is 2.33. The smallest absolute Gasteiger partial charge is 0.410 e. The predicted octanol–water partition coefficient (Wildman–Crippen LogP) is 3.35. The summed E-state index contributed by atoms with van der Waals surface area (Å²) in [6, 6.07) is 1.50. The third-order valence-corrected chi connectivity index (χ3v) is 4.93. The van der Waals surface area contributed by atoms with Crippen LogP contribution in [0.4, 0.5) is 16.2 Å². The number of amides is 1. The first kappa shape index (κ1) is 18.8. The number of hydrogen-bond donors (Lipinski definition) is 0. The molecule has 2 heterocycles. The Hall–Kier alpha value is -2.03. The number of rotatable bonds is 2. The van der Waals surface area contributed by atoms with Crippen LogP contribution in [0.5, 0.6) is 5.75 Å². The molecule has 0 N–H and O–H groups in total. The van der Waals surface area contributed by atoms with Crippen molar-refractivity contribution in [1.29, 1.82) is 0 Å². The summed E-state index contributed by atoms with van der Waals surface area (Å²) >= 11 is 3.48. The maximum Gasteiger partial charge on any atom is 0.410 e. The molecular weight excluding hydrogens is 406 g/mol. The lowest BCUT2D eigenvalue weighted by Gasteiger charge is -2.37. The van der Waals surface area contributed by atoms with Crippen LogP contribution in [-0.4, -0.2) is 54.3 Å². The summed E-state index contributed by atoms with van der Waals surface area (Å²) in [4.78, 5) is 26.9. The van der Waals surface area contributed by atoms with E-state index < -0.39 is 10.5 Å². The molecule has 8 nitrogen and oxygen atoms in total. The van der Waals surface area contributed by atoms with E-state index in [2.05, 4.69) is 20.8 Å². The minimum absolute atomic E-state index is 0.0134. The van der Waals surface area contributed by atoms with E-state index in [-0.39, 0.29) is 11.8 Å². The molecule has 1 amide bonds. The Bertz CT molecular complexity index is 739. The highest BCUT2D eigenvalue weighted by atomic mass is 79.9. The summed E-state index contributed by atoms with van der Waals surface area (Å²) in [6.45, 7) is 8.30. The summed E-state index contributed by atoms with van der Waals surface area (Å²) in [5.41, 5.74) is 1.25. The Morgan fingerprint density at radius 3 is 2.54 bits per heavy atom. The molecule has 9 heteroatoms. The second-order valence-corrected chi connectivity index (χ2v) is 8.20. The lowest BCUT2D eigenvalue weighted by atomic mass is 10.1. The number of hydrogen-bond acceptors (Lipinski definition) is 6. The van der Waals surface area contributed by atoms with Gasteiger partial charge in [-0.3, -0.25) is 10.1 Å². The van der Waals surface area contributed by atoms with E-state index in [1.54, 1.807) is 4.90 Å². The molecule has 0 unspecified atom stereocenters. The van der Waals surface area contributed by atoms with E-state index in [1.807, 2.05) is 20.8 Å². The van der Waals surface area contributed by atoms with Gasteiger partial charge in [0.2, 0.25) is 5.75 Å². The maximum atomic E-state index is 12.2. The van der Waals surface area contributed by atoms with E-state index in [1.165, 1.54) is 6.07 Å². The number of piperazine rings is 1. The van der Waals surface area contributed by atoms with Gasteiger partial charge in [0.1, 0.15) is 5.60 Å². The molecule has 2 aliphatic rings. The van der Waals surface area contributed by atoms with Gasteiger partial charge >= 0.3 is 11.8 Å². The number of anilines is 1. The van der Waals surface area contributed by atoms with Crippen molar-refractivity contribution >= 4 is 33.4 Å². The van der Waals surface area contributed by atoms with Crippen LogP contribution in [0.15, 0.2) is 10.5 Å². The number of nitrogens with zero attached hydrogens (tertiary/aromatic N) is 3. The van der Waals surface area contributed by atoms with Crippen LogP contribution in [0.1, 0.15) is 26.3 Å². The summed E-state index contributed by atoms with van der Waals surface area (Å²) in [5.74, 6) is 0.364. The fourth-order valence-electron chi connectivity index (χ4n) is 3.22. The molecule has 0 aromatic heterocycles. The minimum atomic E-state index is -0.520. The molecular formula is C17H22BrN3O5. The monoisotopic (exact) mass is 427 g/mol. The van der Waals surface area contributed by atoms with Gasteiger partial charge in [0.05, 0.1) is 17.2 Å². The zero-order chi connectivity index (χ0) is 19.1. The van der Waals surface area contributed by atoms with Crippen LogP contribution in [0.3, 0.4) is 0 Å². The second-order valence-electron chi connectivity index (χ2n) is 7.34. The van der Waals surface area contributed by atoms with Crippen molar-refractivity contribution in [3.8, 4) is 5.75 Å². The Kier molecular flexibility index (Phi) is 5.01. The lowest BCUT2D eigenvalue weighted by Crippen LogP contribution is -2.50. The molecule has 1 aromatic carbocycles. The van der Waals surface area contributed by atoms with Gasteiger partial charge in [0.15, 0.2) is 0 Å². The third kappa shape index (κ3) is 3.72. The van der Waals surface area contributed by atoms with Crippen molar-refractivity contribution < 1.29 is 19.2 Å². The van der Waals surface area contributed by atoms with Gasteiger partial charge in [-0.25, -0.2) is 4.79 Å². The van der Waals surface area contributed by atoms with Crippen molar-refractivity contribution in [2.45, 2.75) is 32.8 Å². The van der Waals surface area contributed by atoms with E-state index in [9.17, 15) is 14.9 Å². The number of ether oxygens (including phenoxy) is 2. The second kappa shape index (κ2) is 6.94. The average molecular weight is 428 g/mol. The Morgan fingerprint density at radius 1 is 1.31 bits per heavy atom. The lowest BCUT2D eigenvalue weighted by molar-refractivity contribution is -0.385. The molecule has 142 valence electrons. The first-order valence-corrected chi connectivity index (χ1v) is 9.32. The van der Waals surface area contributed by atoms with Crippen molar-refractivity contribution in [3.05, 3.63) is 26.2 Å². The highest BCUT2D eigenvalue weighted by molar-refractivity contribution is 9.10. The van der Waals surface area contributed by atoms with E-state index in [0.717, 1.165) is 11.3 Å². The molecule has 1 saturated heterocycles. The molecule has 0 radical (unpaired) electrons. The first-order valence-electron chi connectivity index (χ1n) is 8.53. The number of halogens is 1. The number of carbonyl (C=O) groups excluding carboxylic acids is 1. The van der Waals surface area contributed by atoms with Crippen molar-refractivity contribution in [2.75, 3.05) is 37.7 Å². The molecule has 0 saturated carbocycles. The zero-order valence-electron chi connectivity index (χ0n) is 15.1. The van der Waals surface area contributed by atoms with Crippen LogP contribution < -0.4 is 9.64 Å². The van der Waals surface area contributed by atoms with Gasteiger partial charge in [-0.1, -0.05) is 0 Å². The average Bonchev–Trinajstić information content (AvgIpc) is 3.01. The number of nitro benzene ring substituents is 1. The van der Waals surface area contributed by atoms with Crippen LogP contribution >= 0.6 is 15.9 Å². The van der Waals surface area contributed by atoms with Crippen LogP contribution in [0.2, 0.25) is 0 Å². The Balaban J connectivity index is 1.77. The van der Waals surface area contributed by atoms with Crippen LogP contribution in [-0.2, 0) is 11.2 Å². The fourth-order valence-corrected chi connectivity index (χ4v) is 3.93.